The first-order valence-electron chi connectivity index (χ1n) is 20.0. The Morgan fingerprint density at radius 2 is 0.913 bits per heavy atom. The van der Waals surface area contributed by atoms with Gasteiger partial charge in [0.05, 0.1) is 0 Å². The van der Waals surface area contributed by atoms with E-state index in [0.29, 0.717) is 12.8 Å². The van der Waals surface area contributed by atoms with Crippen LogP contribution in [0.25, 0.3) is 0 Å². The van der Waals surface area contributed by atoms with Crippen LogP contribution in [-0.2, 0) is 14.3 Å². The number of carbonyl (C=O) groups is 2. The lowest BCUT2D eigenvalue weighted by Crippen LogP contribution is -2.18. The van der Waals surface area contributed by atoms with Crippen molar-refractivity contribution in [3.63, 3.8) is 0 Å². The summed E-state index contributed by atoms with van der Waals surface area (Å²) in [5.74, 6) is -0.639. The predicted molar refractivity (Wildman–Crippen MR) is 199 cm³/mol. The van der Waals surface area contributed by atoms with Crippen molar-refractivity contribution in [1.29, 1.82) is 0 Å². The number of hydrogen-bond donors (Lipinski definition) is 1. The molecule has 4 nitrogen and oxygen atoms in total. The second-order valence-electron chi connectivity index (χ2n) is 13.4. The van der Waals surface area contributed by atoms with Gasteiger partial charge in [-0.15, -0.1) is 0 Å². The molecule has 0 aliphatic carbocycles. The zero-order chi connectivity index (χ0) is 33.6. The highest BCUT2D eigenvalue weighted by Crippen LogP contribution is 2.18. The molecule has 0 amide bonds. The number of ether oxygens (including phenoxy) is 1. The van der Waals surface area contributed by atoms with E-state index < -0.39 is 5.97 Å². The topological polar surface area (TPSA) is 63.6 Å². The summed E-state index contributed by atoms with van der Waals surface area (Å²) in [4.78, 5) is 23.1. The minimum absolute atomic E-state index is 0.0263. The summed E-state index contributed by atoms with van der Waals surface area (Å²) in [6, 6.07) is 0. The summed E-state index contributed by atoms with van der Waals surface area (Å²) in [6.45, 7) is 4.40. The van der Waals surface area contributed by atoms with Crippen molar-refractivity contribution in [2.24, 2.45) is 0 Å². The molecule has 0 aliphatic rings. The molecule has 0 saturated heterocycles. The molecule has 0 aromatic carbocycles. The quantitative estimate of drug-likeness (QED) is 0.0419. The second kappa shape index (κ2) is 37.6. The lowest BCUT2D eigenvalue weighted by molar-refractivity contribution is -0.150. The Kier molecular flexibility index (Phi) is 36.1. The van der Waals surface area contributed by atoms with E-state index in [-0.39, 0.29) is 12.1 Å². The molecule has 0 heterocycles. The summed E-state index contributed by atoms with van der Waals surface area (Å²) in [5, 5.41) is 8.67. The number of aliphatic carboxylic acids is 1. The molecule has 46 heavy (non-hydrogen) atoms. The van der Waals surface area contributed by atoms with Gasteiger partial charge in [-0.25, -0.2) is 0 Å². The van der Waals surface area contributed by atoms with E-state index in [1.165, 1.54) is 122 Å². The lowest BCUT2D eigenvalue weighted by atomic mass is 10.0. The summed E-state index contributed by atoms with van der Waals surface area (Å²) >= 11 is 0. The van der Waals surface area contributed by atoms with Crippen LogP contribution in [0, 0.1) is 0 Å². The smallest absolute Gasteiger partial charge is 0.306 e. The van der Waals surface area contributed by atoms with Crippen molar-refractivity contribution in [2.45, 2.75) is 219 Å². The third-order valence-electron chi connectivity index (χ3n) is 8.88. The van der Waals surface area contributed by atoms with Crippen LogP contribution >= 0.6 is 0 Å². The van der Waals surface area contributed by atoms with Gasteiger partial charge in [-0.1, -0.05) is 166 Å². The maximum absolute atomic E-state index is 12.6. The maximum Gasteiger partial charge on any atom is 0.306 e. The summed E-state index contributed by atoms with van der Waals surface area (Å²) in [6.07, 6.45) is 49.2. The minimum atomic E-state index is -0.665. The van der Waals surface area contributed by atoms with Gasteiger partial charge in [-0.2, -0.15) is 0 Å². The van der Waals surface area contributed by atoms with Gasteiger partial charge in [0.15, 0.2) is 0 Å². The van der Waals surface area contributed by atoms with Crippen molar-refractivity contribution in [1.82, 2.24) is 0 Å². The zero-order valence-corrected chi connectivity index (χ0v) is 30.6. The van der Waals surface area contributed by atoms with Gasteiger partial charge in [-0.3, -0.25) is 9.59 Å². The number of hydrogen-bond acceptors (Lipinski definition) is 3. The number of rotatable bonds is 36. The third-order valence-corrected chi connectivity index (χ3v) is 8.88. The molecule has 1 unspecified atom stereocenters. The first-order valence-corrected chi connectivity index (χ1v) is 20.0. The molecule has 0 aliphatic heterocycles. The molecule has 1 N–H and O–H groups in total. The van der Waals surface area contributed by atoms with E-state index in [0.717, 1.165) is 64.2 Å². The highest BCUT2D eigenvalue weighted by molar-refractivity contribution is 5.69. The summed E-state index contributed by atoms with van der Waals surface area (Å²) in [5.41, 5.74) is 0. The van der Waals surface area contributed by atoms with Crippen LogP contribution in [0.5, 0.6) is 0 Å². The zero-order valence-electron chi connectivity index (χ0n) is 30.6. The Morgan fingerprint density at radius 1 is 0.500 bits per heavy atom. The molecule has 0 rings (SSSR count). The average molecular weight is 645 g/mol. The maximum atomic E-state index is 12.6. The molecular formula is C42H76O4. The van der Waals surface area contributed by atoms with Crippen molar-refractivity contribution in [3.8, 4) is 0 Å². The number of carboxylic acid groups (broad SMARTS) is 1. The van der Waals surface area contributed by atoms with Crippen LogP contribution in [0.3, 0.4) is 0 Å². The van der Waals surface area contributed by atoms with E-state index >= 15 is 0 Å². The predicted octanol–water partition coefficient (Wildman–Crippen LogP) is 13.8. The first kappa shape index (κ1) is 44.2. The van der Waals surface area contributed by atoms with Gasteiger partial charge >= 0.3 is 11.9 Å². The SMILES string of the molecule is CC/C=C\C/C=C\C/C=C\CCCCCCCC(=O)OC(CCCCC)CCCCCCCCCCCCCCCCCC(=O)O. The molecule has 4 heteroatoms. The van der Waals surface area contributed by atoms with Crippen molar-refractivity contribution in [3.05, 3.63) is 36.5 Å². The second-order valence-corrected chi connectivity index (χ2v) is 13.4. The van der Waals surface area contributed by atoms with Crippen LogP contribution in [0.1, 0.15) is 213 Å². The molecule has 0 bridgehead atoms. The Bertz CT molecular complexity index is 738. The Morgan fingerprint density at radius 3 is 1.41 bits per heavy atom. The van der Waals surface area contributed by atoms with E-state index in [9.17, 15) is 9.59 Å². The van der Waals surface area contributed by atoms with Crippen LogP contribution in [-0.4, -0.2) is 23.1 Å². The van der Waals surface area contributed by atoms with Crippen LogP contribution in [0.2, 0.25) is 0 Å². The highest BCUT2D eigenvalue weighted by Gasteiger charge is 2.14. The van der Waals surface area contributed by atoms with Gasteiger partial charge in [0.1, 0.15) is 6.10 Å². The van der Waals surface area contributed by atoms with E-state index in [1.54, 1.807) is 0 Å². The van der Waals surface area contributed by atoms with E-state index in [1.807, 2.05) is 0 Å². The highest BCUT2D eigenvalue weighted by atomic mass is 16.5. The average Bonchev–Trinajstić information content (AvgIpc) is 3.04. The molecule has 268 valence electrons. The van der Waals surface area contributed by atoms with Crippen molar-refractivity contribution in [2.75, 3.05) is 0 Å². The van der Waals surface area contributed by atoms with Gasteiger partial charge in [0.25, 0.3) is 0 Å². The molecule has 1 atom stereocenters. The van der Waals surface area contributed by atoms with Gasteiger partial charge < -0.3 is 9.84 Å². The molecule has 0 aromatic rings. The monoisotopic (exact) mass is 645 g/mol. The molecule has 0 saturated carbocycles. The van der Waals surface area contributed by atoms with Gasteiger partial charge in [-0.05, 0) is 70.6 Å². The summed E-state index contributed by atoms with van der Waals surface area (Å²) < 4.78 is 5.97. The minimum Gasteiger partial charge on any atom is -0.481 e. The van der Waals surface area contributed by atoms with Crippen LogP contribution < -0.4 is 0 Å². The summed E-state index contributed by atoms with van der Waals surface area (Å²) in [7, 11) is 0. The van der Waals surface area contributed by atoms with Gasteiger partial charge in [0, 0.05) is 12.8 Å². The molecule has 0 spiro atoms. The lowest BCUT2D eigenvalue weighted by Gasteiger charge is -2.18. The fraction of sp³-hybridized carbons (Fsp3) is 0.810. The normalized spacial score (nSPS) is 12.6. The first-order chi connectivity index (χ1) is 22.6. The standard InChI is InChI=1S/C42H76O4/c1-3-5-7-8-9-10-11-12-14-19-22-25-28-31-35-39-42(45)46-40(36-32-6-4-2)37-33-29-26-23-20-17-15-13-16-18-21-24-27-30-34-38-41(43)44/h5,7,9-10,12,14,40H,3-4,6,8,11,13,15-39H2,1-2H3,(H,43,44)/b7-5-,10-9-,14-12-. The Balaban J connectivity index is 3.73. The van der Waals surface area contributed by atoms with Gasteiger partial charge in [0.2, 0.25) is 0 Å². The third kappa shape index (κ3) is 36.6. The number of esters is 1. The van der Waals surface area contributed by atoms with Crippen molar-refractivity contribution >= 4 is 11.9 Å². The van der Waals surface area contributed by atoms with E-state index in [2.05, 4.69) is 50.3 Å². The number of carbonyl (C=O) groups excluding carboxylic acids is 1. The Labute approximate surface area is 286 Å². The molecular weight excluding hydrogens is 568 g/mol. The molecule has 0 aromatic heterocycles. The fourth-order valence-electron chi connectivity index (χ4n) is 5.96. The molecule has 0 fully saturated rings. The van der Waals surface area contributed by atoms with Crippen molar-refractivity contribution < 1.29 is 19.4 Å². The number of carboxylic acids is 1. The number of allylic oxidation sites excluding steroid dienone is 6. The van der Waals surface area contributed by atoms with Crippen LogP contribution in [0.4, 0.5) is 0 Å². The molecule has 0 radical (unpaired) electrons. The Hall–Kier alpha value is -1.84. The fourth-order valence-corrected chi connectivity index (χ4v) is 5.96. The largest absolute Gasteiger partial charge is 0.481 e. The van der Waals surface area contributed by atoms with E-state index in [4.69, 9.17) is 9.84 Å². The number of unbranched alkanes of at least 4 members (excludes halogenated alkanes) is 21. The van der Waals surface area contributed by atoms with Crippen LogP contribution in [0.15, 0.2) is 36.5 Å².